The summed E-state index contributed by atoms with van der Waals surface area (Å²) >= 11 is 0. The zero-order valence-corrected chi connectivity index (χ0v) is 9.80. The molecule has 2 nitrogen and oxygen atoms in total. The topological polar surface area (TPSA) is 32.3 Å². The molecule has 0 aliphatic rings. The highest BCUT2D eigenvalue weighted by atomic mass is 19.1. The molecule has 0 amide bonds. The van der Waals surface area contributed by atoms with E-state index in [4.69, 9.17) is 5.11 Å². The number of rotatable bonds is 4. The molecule has 0 aliphatic heterocycles. The number of nitrogens with one attached hydrogen (secondary N) is 1. The van der Waals surface area contributed by atoms with E-state index < -0.39 is 11.6 Å². The first kappa shape index (κ1) is 13.4. The van der Waals surface area contributed by atoms with Crippen molar-refractivity contribution >= 4 is 5.57 Å². The predicted molar refractivity (Wildman–Crippen MR) is 64.0 cm³/mol. The van der Waals surface area contributed by atoms with Gasteiger partial charge in [0.15, 0.2) is 0 Å². The Balaban J connectivity index is 2.82. The van der Waals surface area contributed by atoms with E-state index in [0.717, 1.165) is 11.6 Å². The van der Waals surface area contributed by atoms with E-state index in [0.29, 0.717) is 11.1 Å². The SMILES string of the molecule is C/C(=C\N/C=C(\C)c1ccc(F)cc1F)CO. The van der Waals surface area contributed by atoms with Gasteiger partial charge in [-0.25, -0.2) is 8.78 Å². The van der Waals surface area contributed by atoms with Crippen LogP contribution >= 0.6 is 0 Å². The molecule has 1 aromatic carbocycles. The van der Waals surface area contributed by atoms with Gasteiger partial charge >= 0.3 is 0 Å². The summed E-state index contributed by atoms with van der Waals surface area (Å²) in [6.07, 6.45) is 3.21. The first-order chi connectivity index (χ1) is 8.04. The summed E-state index contributed by atoms with van der Waals surface area (Å²) in [6.45, 7) is 3.44. The summed E-state index contributed by atoms with van der Waals surface area (Å²) in [5.41, 5.74) is 1.74. The van der Waals surface area contributed by atoms with Crippen molar-refractivity contribution in [1.29, 1.82) is 0 Å². The summed E-state index contributed by atoms with van der Waals surface area (Å²) in [5.74, 6) is -1.19. The molecule has 92 valence electrons. The molecule has 1 rings (SSSR count). The lowest BCUT2D eigenvalue weighted by atomic mass is 10.1. The minimum absolute atomic E-state index is 0.0369. The highest BCUT2D eigenvalue weighted by molar-refractivity contribution is 5.63. The average molecular weight is 239 g/mol. The van der Waals surface area contributed by atoms with Gasteiger partial charge in [0.2, 0.25) is 0 Å². The van der Waals surface area contributed by atoms with Gasteiger partial charge in [-0.2, -0.15) is 0 Å². The molecule has 0 aliphatic carbocycles. The van der Waals surface area contributed by atoms with Crippen molar-refractivity contribution in [2.75, 3.05) is 6.61 Å². The Labute approximate surface area is 99.3 Å². The van der Waals surface area contributed by atoms with Gasteiger partial charge in [0.1, 0.15) is 11.6 Å². The Bertz CT molecular complexity index is 453. The van der Waals surface area contributed by atoms with Crippen molar-refractivity contribution in [2.24, 2.45) is 0 Å². The van der Waals surface area contributed by atoms with Crippen molar-refractivity contribution in [1.82, 2.24) is 5.32 Å². The molecule has 0 unspecified atom stereocenters. The third-order valence-electron chi connectivity index (χ3n) is 2.23. The highest BCUT2D eigenvalue weighted by Crippen LogP contribution is 2.17. The fraction of sp³-hybridized carbons (Fsp3) is 0.231. The van der Waals surface area contributed by atoms with E-state index in [1.807, 2.05) is 0 Å². The molecule has 0 radical (unpaired) electrons. The van der Waals surface area contributed by atoms with Crippen LogP contribution in [-0.4, -0.2) is 11.7 Å². The van der Waals surface area contributed by atoms with Gasteiger partial charge in [0.05, 0.1) is 6.61 Å². The normalized spacial score (nSPS) is 12.8. The van der Waals surface area contributed by atoms with Crippen LogP contribution < -0.4 is 5.32 Å². The summed E-state index contributed by atoms with van der Waals surface area (Å²) < 4.78 is 26.1. The average Bonchev–Trinajstić information content (AvgIpc) is 2.28. The van der Waals surface area contributed by atoms with Gasteiger partial charge in [-0.05, 0) is 37.1 Å². The maximum absolute atomic E-state index is 13.4. The molecule has 0 fully saturated rings. The van der Waals surface area contributed by atoms with Crippen molar-refractivity contribution in [2.45, 2.75) is 13.8 Å². The summed E-state index contributed by atoms with van der Waals surface area (Å²) in [4.78, 5) is 0. The van der Waals surface area contributed by atoms with Crippen LogP contribution in [0.1, 0.15) is 19.4 Å². The molecule has 0 saturated carbocycles. The van der Waals surface area contributed by atoms with Crippen molar-refractivity contribution in [3.05, 3.63) is 53.4 Å². The molecule has 2 N–H and O–H groups in total. The number of halogens is 2. The van der Waals surface area contributed by atoms with Crippen molar-refractivity contribution < 1.29 is 13.9 Å². The second-order valence-corrected chi connectivity index (χ2v) is 3.77. The smallest absolute Gasteiger partial charge is 0.133 e. The Kier molecular flexibility index (Phi) is 4.84. The second kappa shape index (κ2) is 6.15. The molecular formula is C13H15F2NO. The Morgan fingerprint density at radius 1 is 1.29 bits per heavy atom. The molecule has 1 aromatic rings. The molecule has 17 heavy (non-hydrogen) atoms. The van der Waals surface area contributed by atoms with Crippen LogP contribution in [0.15, 0.2) is 36.2 Å². The molecule has 0 spiro atoms. The lowest BCUT2D eigenvalue weighted by Gasteiger charge is -2.04. The molecular weight excluding hydrogens is 224 g/mol. The van der Waals surface area contributed by atoms with Gasteiger partial charge in [-0.15, -0.1) is 0 Å². The third kappa shape index (κ3) is 4.00. The van der Waals surface area contributed by atoms with Crippen LogP contribution in [0, 0.1) is 11.6 Å². The fourth-order valence-corrected chi connectivity index (χ4v) is 1.24. The number of aliphatic hydroxyl groups is 1. The number of allylic oxidation sites excluding steroid dienone is 1. The zero-order valence-electron chi connectivity index (χ0n) is 9.80. The minimum Gasteiger partial charge on any atom is -0.392 e. The van der Waals surface area contributed by atoms with E-state index in [9.17, 15) is 8.78 Å². The maximum atomic E-state index is 13.4. The second-order valence-electron chi connectivity index (χ2n) is 3.77. The van der Waals surface area contributed by atoms with E-state index in [2.05, 4.69) is 5.32 Å². The number of hydrogen-bond acceptors (Lipinski definition) is 2. The molecule has 4 heteroatoms. The quantitative estimate of drug-likeness (QED) is 0.846. The molecule has 0 atom stereocenters. The predicted octanol–water partition coefficient (Wildman–Crippen LogP) is 2.81. The number of aliphatic hydroxyl groups excluding tert-OH is 1. The van der Waals surface area contributed by atoms with Crippen molar-refractivity contribution in [3.8, 4) is 0 Å². The number of hydrogen-bond donors (Lipinski definition) is 2. The van der Waals surface area contributed by atoms with Gasteiger partial charge in [0, 0.05) is 24.0 Å². The van der Waals surface area contributed by atoms with E-state index >= 15 is 0 Å². The summed E-state index contributed by atoms with van der Waals surface area (Å²) in [7, 11) is 0. The van der Waals surface area contributed by atoms with E-state index in [-0.39, 0.29) is 6.61 Å². The third-order valence-corrected chi connectivity index (χ3v) is 2.23. The minimum atomic E-state index is -0.594. The Morgan fingerprint density at radius 2 is 2.00 bits per heavy atom. The molecule has 0 saturated heterocycles. The van der Waals surface area contributed by atoms with Gasteiger partial charge in [-0.3, -0.25) is 0 Å². The van der Waals surface area contributed by atoms with Gasteiger partial charge in [-0.1, -0.05) is 0 Å². The van der Waals surface area contributed by atoms with Crippen LogP contribution in [0.4, 0.5) is 8.78 Å². The molecule has 0 aromatic heterocycles. The van der Waals surface area contributed by atoms with E-state index in [1.54, 1.807) is 26.2 Å². The molecule has 0 heterocycles. The first-order valence-corrected chi connectivity index (χ1v) is 5.19. The lowest BCUT2D eigenvalue weighted by Crippen LogP contribution is -1.99. The summed E-state index contributed by atoms with van der Waals surface area (Å²) in [6, 6.07) is 3.45. The largest absolute Gasteiger partial charge is 0.392 e. The van der Waals surface area contributed by atoms with Crippen molar-refractivity contribution in [3.63, 3.8) is 0 Å². The monoisotopic (exact) mass is 239 g/mol. The van der Waals surface area contributed by atoms with Gasteiger partial charge in [0.25, 0.3) is 0 Å². The fourth-order valence-electron chi connectivity index (χ4n) is 1.24. The molecule has 0 bridgehead atoms. The van der Waals surface area contributed by atoms with Crippen LogP contribution in [-0.2, 0) is 0 Å². The zero-order chi connectivity index (χ0) is 12.8. The first-order valence-electron chi connectivity index (χ1n) is 5.19. The Morgan fingerprint density at radius 3 is 2.59 bits per heavy atom. The van der Waals surface area contributed by atoms with Crippen LogP contribution in [0.2, 0.25) is 0 Å². The highest BCUT2D eigenvalue weighted by Gasteiger charge is 2.04. The van der Waals surface area contributed by atoms with Gasteiger partial charge < -0.3 is 10.4 Å². The summed E-state index contributed by atoms with van der Waals surface area (Å²) in [5, 5.41) is 11.6. The van der Waals surface area contributed by atoms with Crippen LogP contribution in [0.3, 0.4) is 0 Å². The van der Waals surface area contributed by atoms with Crippen LogP contribution in [0.25, 0.3) is 5.57 Å². The standard InChI is InChI=1S/C13H15F2NO/c1-9(8-17)6-16-7-10(2)12-4-3-11(14)5-13(12)15/h3-7,16-17H,8H2,1-2H3/b9-6+,10-7+. The Hall–Kier alpha value is -1.68. The van der Waals surface area contributed by atoms with Crippen LogP contribution in [0.5, 0.6) is 0 Å². The van der Waals surface area contributed by atoms with E-state index in [1.165, 1.54) is 12.1 Å². The maximum Gasteiger partial charge on any atom is 0.133 e. The lowest BCUT2D eigenvalue weighted by molar-refractivity contribution is 0.331. The number of benzene rings is 1.